The summed E-state index contributed by atoms with van der Waals surface area (Å²) in [6.45, 7) is 2.44. The van der Waals surface area contributed by atoms with Crippen molar-refractivity contribution < 1.29 is 18.6 Å². The zero-order valence-electron chi connectivity index (χ0n) is 9.17. The van der Waals surface area contributed by atoms with Crippen LogP contribution in [0.15, 0.2) is 30.1 Å². The Morgan fingerprint density at radius 2 is 2.00 bits per heavy atom. The lowest BCUT2D eigenvalue weighted by Crippen LogP contribution is -2.04. The SMILES string of the molecule is CCOc1ccc(P(=O)(C=C=O)OC)cc1. The van der Waals surface area contributed by atoms with Crippen molar-refractivity contribution >= 4 is 18.6 Å². The Balaban J connectivity index is 3.04. The maximum atomic E-state index is 12.1. The zero-order valence-corrected chi connectivity index (χ0v) is 10.1. The average molecular weight is 240 g/mol. The molecule has 0 aromatic heterocycles. The molecule has 0 saturated carbocycles. The number of benzene rings is 1. The van der Waals surface area contributed by atoms with E-state index in [0.717, 1.165) is 5.82 Å². The fraction of sp³-hybridized carbons (Fsp3) is 0.273. The van der Waals surface area contributed by atoms with Gasteiger partial charge in [-0.15, -0.1) is 0 Å². The molecule has 0 fully saturated rings. The monoisotopic (exact) mass is 240 g/mol. The van der Waals surface area contributed by atoms with Gasteiger partial charge in [0.05, 0.1) is 12.4 Å². The highest BCUT2D eigenvalue weighted by molar-refractivity contribution is 7.70. The minimum atomic E-state index is -3.20. The normalized spacial score (nSPS) is 13.6. The summed E-state index contributed by atoms with van der Waals surface area (Å²) in [5.74, 6) is 3.11. The van der Waals surface area contributed by atoms with E-state index in [2.05, 4.69) is 0 Å². The molecule has 5 heteroatoms. The van der Waals surface area contributed by atoms with Gasteiger partial charge >= 0.3 is 0 Å². The molecule has 0 radical (unpaired) electrons. The van der Waals surface area contributed by atoms with Crippen LogP contribution in [0.2, 0.25) is 0 Å². The number of rotatable bonds is 5. The Hall–Kier alpha value is -1.34. The molecule has 86 valence electrons. The second-order valence-electron chi connectivity index (χ2n) is 2.95. The molecule has 0 aliphatic carbocycles. The minimum Gasteiger partial charge on any atom is -0.494 e. The van der Waals surface area contributed by atoms with E-state index in [9.17, 15) is 9.36 Å². The van der Waals surface area contributed by atoms with Gasteiger partial charge in [0.1, 0.15) is 11.7 Å². The summed E-state index contributed by atoms with van der Waals surface area (Å²) in [6.07, 6.45) is 0. The molecular formula is C11H13O4P. The first-order valence-electron chi connectivity index (χ1n) is 4.77. The molecule has 1 rings (SSSR count). The molecule has 0 aliphatic rings. The fourth-order valence-corrected chi connectivity index (χ4v) is 2.39. The number of hydrogen-bond acceptors (Lipinski definition) is 4. The van der Waals surface area contributed by atoms with Gasteiger partial charge in [-0.25, -0.2) is 4.79 Å². The van der Waals surface area contributed by atoms with Crippen LogP contribution < -0.4 is 10.0 Å². The Morgan fingerprint density at radius 1 is 1.38 bits per heavy atom. The number of carbonyl (C=O) groups excluding carboxylic acids is 1. The summed E-state index contributed by atoms with van der Waals surface area (Å²) in [4.78, 5) is 10.3. The summed E-state index contributed by atoms with van der Waals surface area (Å²) in [5.41, 5.74) is 0. The summed E-state index contributed by atoms with van der Waals surface area (Å²) >= 11 is 0. The van der Waals surface area contributed by atoms with E-state index in [1.165, 1.54) is 13.1 Å². The van der Waals surface area contributed by atoms with Gasteiger partial charge < -0.3 is 9.26 Å². The molecule has 0 spiro atoms. The van der Waals surface area contributed by atoms with Crippen LogP contribution in [0.5, 0.6) is 5.75 Å². The fourth-order valence-electron chi connectivity index (χ4n) is 1.22. The highest BCUT2D eigenvalue weighted by Gasteiger charge is 2.21. The van der Waals surface area contributed by atoms with Gasteiger partial charge in [0.15, 0.2) is 0 Å². The van der Waals surface area contributed by atoms with Crippen LogP contribution in [0, 0.1) is 0 Å². The maximum absolute atomic E-state index is 12.1. The number of ether oxygens (including phenoxy) is 1. The van der Waals surface area contributed by atoms with Crippen LogP contribution in [0.25, 0.3) is 0 Å². The van der Waals surface area contributed by atoms with Gasteiger partial charge in [-0.05, 0) is 31.2 Å². The molecule has 4 nitrogen and oxygen atoms in total. The van der Waals surface area contributed by atoms with Gasteiger partial charge in [0.2, 0.25) is 0 Å². The van der Waals surface area contributed by atoms with E-state index in [1.54, 1.807) is 24.3 Å². The lowest BCUT2D eigenvalue weighted by Gasteiger charge is -2.11. The smallest absolute Gasteiger partial charge is 0.264 e. The van der Waals surface area contributed by atoms with Crippen LogP contribution in [-0.2, 0) is 13.9 Å². The Morgan fingerprint density at radius 3 is 2.44 bits per heavy atom. The average Bonchev–Trinajstić information content (AvgIpc) is 2.30. The van der Waals surface area contributed by atoms with Crippen LogP contribution in [0.1, 0.15) is 6.92 Å². The van der Waals surface area contributed by atoms with E-state index < -0.39 is 7.37 Å². The third-order valence-electron chi connectivity index (χ3n) is 2.00. The van der Waals surface area contributed by atoms with Crippen molar-refractivity contribution in [2.45, 2.75) is 6.92 Å². The summed E-state index contributed by atoms with van der Waals surface area (Å²) < 4.78 is 22.2. The quantitative estimate of drug-likeness (QED) is 0.583. The first-order valence-corrected chi connectivity index (χ1v) is 6.46. The molecular weight excluding hydrogens is 227 g/mol. The molecule has 0 saturated heterocycles. The summed E-state index contributed by atoms with van der Waals surface area (Å²) in [7, 11) is -1.90. The predicted molar refractivity (Wildman–Crippen MR) is 62.1 cm³/mol. The summed E-state index contributed by atoms with van der Waals surface area (Å²) in [5, 5.41) is 0.446. The van der Waals surface area contributed by atoms with E-state index >= 15 is 0 Å². The molecule has 0 aliphatic heterocycles. The van der Waals surface area contributed by atoms with E-state index in [1.807, 2.05) is 6.92 Å². The largest absolute Gasteiger partial charge is 0.494 e. The Bertz CT molecular complexity index is 432. The maximum Gasteiger partial charge on any atom is 0.264 e. The first kappa shape index (κ1) is 12.7. The lowest BCUT2D eigenvalue weighted by molar-refractivity contribution is 0.340. The molecule has 1 aromatic rings. The van der Waals surface area contributed by atoms with Crippen LogP contribution in [0.3, 0.4) is 0 Å². The van der Waals surface area contributed by atoms with Crippen LogP contribution in [-0.4, -0.2) is 19.7 Å². The van der Waals surface area contributed by atoms with Crippen LogP contribution >= 0.6 is 7.37 Å². The van der Waals surface area contributed by atoms with Crippen molar-refractivity contribution in [3.63, 3.8) is 0 Å². The van der Waals surface area contributed by atoms with Crippen molar-refractivity contribution in [2.24, 2.45) is 0 Å². The molecule has 0 heterocycles. The van der Waals surface area contributed by atoms with Crippen molar-refractivity contribution in [1.82, 2.24) is 0 Å². The van der Waals surface area contributed by atoms with E-state index in [-0.39, 0.29) is 0 Å². The molecule has 1 aromatic carbocycles. The van der Waals surface area contributed by atoms with Crippen LogP contribution in [0.4, 0.5) is 0 Å². The van der Waals surface area contributed by atoms with Gasteiger partial charge in [-0.2, -0.15) is 0 Å². The van der Waals surface area contributed by atoms with Gasteiger partial charge in [0.25, 0.3) is 7.37 Å². The standard InChI is InChI=1S/C11H13O4P/c1-3-15-10-4-6-11(7-5-10)16(13,14-2)9-8-12/h4-7,9H,3H2,1-2H3. The molecule has 0 N–H and O–H groups in total. The first-order chi connectivity index (χ1) is 7.66. The topological polar surface area (TPSA) is 52.6 Å². The lowest BCUT2D eigenvalue weighted by atomic mass is 10.3. The van der Waals surface area contributed by atoms with E-state index in [0.29, 0.717) is 17.7 Å². The van der Waals surface area contributed by atoms with Crippen molar-refractivity contribution in [3.8, 4) is 5.75 Å². The molecule has 0 bridgehead atoms. The second kappa shape index (κ2) is 5.66. The zero-order chi connectivity index (χ0) is 12.0. The van der Waals surface area contributed by atoms with Gasteiger partial charge in [-0.3, -0.25) is 4.57 Å². The van der Waals surface area contributed by atoms with E-state index in [4.69, 9.17) is 9.26 Å². The highest BCUT2D eigenvalue weighted by Crippen LogP contribution is 2.45. The number of hydrogen-bond donors (Lipinski definition) is 0. The Kier molecular flexibility index (Phi) is 4.51. The summed E-state index contributed by atoms with van der Waals surface area (Å²) in [6, 6.07) is 6.60. The second-order valence-corrected chi connectivity index (χ2v) is 5.29. The van der Waals surface area contributed by atoms with Gasteiger partial charge in [-0.1, -0.05) is 0 Å². The third-order valence-corrected chi connectivity index (χ3v) is 4.01. The van der Waals surface area contributed by atoms with Crippen molar-refractivity contribution in [2.75, 3.05) is 13.7 Å². The minimum absolute atomic E-state index is 0.446. The Labute approximate surface area is 94.3 Å². The molecule has 16 heavy (non-hydrogen) atoms. The molecule has 1 unspecified atom stereocenters. The van der Waals surface area contributed by atoms with Crippen molar-refractivity contribution in [1.29, 1.82) is 0 Å². The van der Waals surface area contributed by atoms with Gasteiger partial charge in [0, 0.05) is 12.4 Å². The highest BCUT2D eigenvalue weighted by atomic mass is 31.2. The third kappa shape index (κ3) is 2.83. The molecule has 0 amide bonds. The predicted octanol–water partition coefficient (Wildman–Crippen LogP) is 1.98. The molecule has 1 atom stereocenters. The van der Waals surface area contributed by atoms with Crippen molar-refractivity contribution in [3.05, 3.63) is 30.1 Å².